The molecule has 0 aliphatic heterocycles. The molecule has 0 aromatic heterocycles. The lowest BCUT2D eigenvalue weighted by atomic mass is 9.98. The molecule has 0 saturated heterocycles. The van der Waals surface area contributed by atoms with E-state index in [-0.39, 0.29) is 6.61 Å². The van der Waals surface area contributed by atoms with E-state index in [1.54, 1.807) is 0 Å². The van der Waals surface area contributed by atoms with Crippen LogP contribution in [0.3, 0.4) is 0 Å². The van der Waals surface area contributed by atoms with Crippen molar-refractivity contribution in [3.63, 3.8) is 0 Å². The summed E-state index contributed by atoms with van der Waals surface area (Å²) in [5.74, 6) is 0.315. The standard InChI is InChI=1S/C8H13NO/c9-5-7-1-3-8(6-10)4-2-7/h1-3,8,10H,4-6,9H2. The number of hydrogen-bond acceptors (Lipinski definition) is 2. The first-order valence-corrected chi connectivity index (χ1v) is 3.55. The number of hydrogen-bond donors (Lipinski definition) is 2. The Morgan fingerprint density at radius 3 is 2.90 bits per heavy atom. The molecule has 10 heavy (non-hydrogen) atoms. The zero-order valence-electron chi connectivity index (χ0n) is 5.96. The van der Waals surface area contributed by atoms with Crippen LogP contribution in [0, 0.1) is 5.92 Å². The second kappa shape index (κ2) is 3.54. The highest BCUT2D eigenvalue weighted by molar-refractivity contribution is 5.24. The Morgan fingerprint density at radius 1 is 1.70 bits per heavy atom. The molecule has 1 unspecified atom stereocenters. The summed E-state index contributed by atoms with van der Waals surface area (Å²) < 4.78 is 0. The fourth-order valence-corrected chi connectivity index (χ4v) is 0.996. The lowest BCUT2D eigenvalue weighted by Crippen LogP contribution is -2.08. The maximum absolute atomic E-state index is 8.74. The molecule has 0 spiro atoms. The Labute approximate surface area is 61.0 Å². The molecule has 1 rings (SSSR count). The van der Waals surface area contributed by atoms with E-state index in [9.17, 15) is 0 Å². The van der Waals surface area contributed by atoms with Crippen molar-refractivity contribution >= 4 is 0 Å². The molecule has 0 radical (unpaired) electrons. The first kappa shape index (κ1) is 7.51. The van der Waals surface area contributed by atoms with E-state index in [0.29, 0.717) is 12.5 Å². The van der Waals surface area contributed by atoms with Gasteiger partial charge in [0.25, 0.3) is 0 Å². The molecule has 0 aromatic carbocycles. The molecule has 56 valence electrons. The molecule has 1 aliphatic rings. The van der Waals surface area contributed by atoms with E-state index in [4.69, 9.17) is 10.8 Å². The zero-order chi connectivity index (χ0) is 7.40. The minimum Gasteiger partial charge on any atom is -0.396 e. The van der Waals surface area contributed by atoms with Gasteiger partial charge in [0.1, 0.15) is 0 Å². The molecule has 0 saturated carbocycles. The Bertz CT molecular complexity index is 161. The third-order valence-corrected chi connectivity index (χ3v) is 1.74. The summed E-state index contributed by atoms with van der Waals surface area (Å²) in [5, 5.41) is 8.74. The third-order valence-electron chi connectivity index (χ3n) is 1.74. The van der Waals surface area contributed by atoms with Gasteiger partial charge >= 0.3 is 0 Å². The van der Waals surface area contributed by atoms with Crippen LogP contribution in [0.25, 0.3) is 0 Å². The highest BCUT2D eigenvalue weighted by Crippen LogP contribution is 2.14. The minimum atomic E-state index is 0.241. The molecule has 0 heterocycles. The first-order chi connectivity index (χ1) is 4.86. The van der Waals surface area contributed by atoms with Crippen molar-refractivity contribution in [2.75, 3.05) is 13.2 Å². The summed E-state index contributed by atoms with van der Waals surface area (Å²) in [4.78, 5) is 0. The predicted octanol–water partition coefficient (Wildman–Crippen LogP) is 0.440. The van der Waals surface area contributed by atoms with Crippen LogP contribution in [0.15, 0.2) is 23.8 Å². The average Bonchev–Trinajstić information content (AvgIpc) is 2.05. The van der Waals surface area contributed by atoms with Crippen molar-refractivity contribution in [1.82, 2.24) is 0 Å². The van der Waals surface area contributed by atoms with Crippen molar-refractivity contribution in [2.24, 2.45) is 11.7 Å². The van der Waals surface area contributed by atoms with Crippen LogP contribution in [-0.4, -0.2) is 18.3 Å². The van der Waals surface area contributed by atoms with E-state index >= 15 is 0 Å². The van der Waals surface area contributed by atoms with Crippen molar-refractivity contribution < 1.29 is 5.11 Å². The number of aliphatic hydroxyl groups excluding tert-OH is 1. The fourth-order valence-electron chi connectivity index (χ4n) is 0.996. The lowest BCUT2D eigenvalue weighted by molar-refractivity contribution is 0.253. The van der Waals surface area contributed by atoms with Crippen LogP contribution in [0.1, 0.15) is 6.42 Å². The molecule has 2 nitrogen and oxygen atoms in total. The van der Waals surface area contributed by atoms with Gasteiger partial charge in [0, 0.05) is 19.1 Å². The number of allylic oxidation sites excluding steroid dienone is 1. The summed E-state index contributed by atoms with van der Waals surface area (Å²) in [7, 11) is 0. The molecule has 0 amide bonds. The average molecular weight is 139 g/mol. The predicted molar refractivity (Wildman–Crippen MR) is 41.5 cm³/mol. The summed E-state index contributed by atoms with van der Waals surface area (Å²) in [6.45, 7) is 0.847. The first-order valence-electron chi connectivity index (χ1n) is 3.55. The van der Waals surface area contributed by atoms with Gasteiger partial charge in [0.05, 0.1) is 0 Å². The Morgan fingerprint density at radius 2 is 2.50 bits per heavy atom. The van der Waals surface area contributed by atoms with Crippen molar-refractivity contribution in [2.45, 2.75) is 6.42 Å². The summed E-state index contributed by atoms with van der Waals surface area (Å²) in [6, 6.07) is 0. The molecule has 0 aromatic rings. The van der Waals surface area contributed by atoms with Crippen molar-refractivity contribution in [3.8, 4) is 0 Å². The largest absolute Gasteiger partial charge is 0.396 e. The van der Waals surface area contributed by atoms with E-state index in [1.165, 1.54) is 5.57 Å². The Balaban J connectivity index is 2.46. The molecule has 0 fully saturated rings. The van der Waals surface area contributed by atoms with Gasteiger partial charge in [-0.25, -0.2) is 0 Å². The third kappa shape index (κ3) is 1.69. The van der Waals surface area contributed by atoms with Crippen molar-refractivity contribution in [3.05, 3.63) is 23.8 Å². The number of aliphatic hydroxyl groups is 1. The van der Waals surface area contributed by atoms with E-state index in [2.05, 4.69) is 6.08 Å². The second-order valence-electron chi connectivity index (χ2n) is 2.52. The minimum absolute atomic E-state index is 0.241. The van der Waals surface area contributed by atoms with Crippen LogP contribution in [0.2, 0.25) is 0 Å². The van der Waals surface area contributed by atoms with Gasteiger partial charge in [0.2, 0.25) is 0 Å². The maximum Gasteiger partial charge on any atom is 0.0496 e. The van der Waals surface area contributed by atoms with Crippen LogP contribution >= 0.6 is 0 Å². The van der Waals surface area contributed by atoms with Gasteiger partial charge in [-0.15, -0.1) is 0 Å². The molecular formula is C8H13NO. The SMILES string of the molecule is NCC1=CCC(CO)C=C1. The zero-order valence-corrected chi connectivity index (χ0v) is 5.96. The molecule has 1 atom stereocenters. The molecule has 3 N–H and O–H groups in total. The Hall–Kier alpha value is -0.600. The summed E-state index contributed by atoms with van der Waals surface area (Å²) in [5.41, 5.74) is 6.58. The maximum atomic E-state index is 8.74. The van der Waals surface area contributed by atoms with Gasteiger partial charge in [-0.1, -0.05) is 18.2 Å². The molecule has 2 heteroatoms. The molecule has 1 aliphatic carbocycles. The summed E-state index contributed by atoms with van der Waals surface area (Å²) >= 11 is 0. The highest BCUT2D eigenvalue weighted by Gasteiger charge is 2.05. The van der Waals surface area contributed by atoms with Crippen molar-refractivity contribution in [1.29, 1.82) is 0 Å². The van der Waals surface area contributed by atoms with E-state index < -0.39 is 0 Å². The van der Waals surface area contributed by atoms with Gasteiger partial charge in [-0.3, -0.25) is 0 Å². The number of rotatable bonds is 2. The van der Waals surface area contributed by atoms with Crippen LogP contribution < -0.4 is 5.73 Å². The van der Waals surface area contributed by atoms with Gasteiger partial charge in [-0.2, -0.15) is 0 Å². The fraction of sp³-hybridized carbons (Fsp3) is 0.500. The topological polar surface area (TPSA) is 46.2 Å². The Kier molecular flexibility index (Phi) is 2.66. The molecule has 0 bridgehead atoms. The number of nitrogens with two attached hydrogens (primary N) is 1. The highest BCUT2D eigenvalue weighted by atomic mass is 16.3. The normalized spacial score (nSPS) is 24.6. The van der Waals surface area contributed by atoms with Crippen LogP contribution in [-0.2, 0) is 0 Å². The van der Waals surface area contributed by atoms with E-state index in [1.807, 2.05) is 12.2 Å². The van der Waals surface area contributed by atoms with Crippen LogP contribution in [0.5, 0.6) is 0 Å². The van der Waals surface area contributed by atoms with Gasteiger partial charge < -0.3 is 10.8 Å². The van der Waals surface area contributed by atoms with Gasteiger partial charge in [0.15, 0.2) is 0 Å². The smallest absolute Gasteiger partial charge is 0.0496 e. The van der Waals surface area contributed by atoms with Gasteiger partial charge in [-0.05, 0) is 12.0 Å². The monoisotopic (exact) mass is 139 g/mol. The quantitative estimate of drug-likeness (QED) is 0.583. The summed E-state index contributed by atoms with van der Waals surface area (Å²) in [6.07, 6.45) is 7.02. The van der Waals surface area contributed by atoms with E-state index in [0.717, 1.165) is 6.42 Å². The second-order valence-corrected chi connectivity index (χ2v) is 2.52. The molecular weight excluding hydrogens is 126 g/mol. The lowest BCUT2D eigenvalue weighted by Gasteiger charge is -2.11. The van der Waals surface area contributed by atoms with Crippen LogP contribution in [0.4, 0.5) is 0 Å².